The minimum atomic E-state index is -3.51. The van der Waals surface area contributed by atoms with Gasteiger partial charge in [-0.1, -0.05) is 6.07 Å². The summed E-state index contributed by atoms with van der Waals surface area (Å²) in [5.74, 6) is 0.0188. The predicted molar refractivity (Wildman–Crippen MR) is 109 cm³/mol. The van der Waals surface area contributed by atoms with Gasteiger partial charge in [0.15, 0.2) is 9.84 Å². The average molecular weight is 424 g/mol. The van der Waals surface area contributed by atoms with Gasteiger partial charge in [-0.25, -0.2) is 13.4 Å². The zero-order valence-corrected chi connectivity index (χ0v) is 17.3. The first kappa shape index (κ1) is 18.8. The third kappa shape index (κ3) is 2.65. The van der Waals surface area contributed by atoms with Crippen molar-refractivity contribution in [2.75, 3.05) is 20.2 Å². The lowest BCUT2D eigenvalue weighted by Crippen LogP contribution is -2.32. The van der Waals surface area contributed by atoms with Gasteiger partial charge in [0.2, 0.25) is 5.88 Å². The summed E-state index contributed by atoms with van der Waals surface area (Å²) in [6, 6.07) is 10.7. The summed E-state index contributed by atoms with van der Waals surface area (Å²) in [6.45, 7) is 0.534. The van der Waals surface area contributed by atoms with Crippen molar-refractivity contribution in [3.63, 3.8) is 0 Å². The minimum Gasteiger partial charge on any atom is -0.481 e. The lowest BCUT2D eigenvalue weighted by molar-refractivity contribution is 0.0780. The molecule has 1 fully saturated rings. The average Bonchev–Trinajstić information content (AvgIpc) is 3.43. The number of nitrogens with zero attached hydrogens (tertiary/aromatic N) is 4. The van der Waals surface area contributed by atoms with E-state index in [1.54, 1.807) is 49.7 Å². The number of aryl methyl sites for hydroxylation is 1. The van der Waals surface area contributed by atoms with Crippen molar-refractivity contribution in [3.8, 4) is 17.0 Å². The van der Waals surface area contributed by atoms with Gasteiger partial charge in [-0.15, -0.1) is 0 Å². The molecule has 0 unspecified atom stereocenters. The van der Waals surface area contributed by atoms with Crippen LogP contribution in [0.3, 0.4) is 0 Å². The molecule has 1 amide bonds. The van der Waals surface area contributed by atoms with Gasteiger partial charge in [0.1, 0.15) is 5.69 Å². The summed E-state index contributed by atoms with van der Waals surface area (Å²) in [5.41, 5.74) is 2.83. The highest BCUT2D eigenvalue weighted by Crippen LogP contribution is 2.46. The highest BCUT2D eigenvalue weighted by Gasteiger charge is 2.51. The van der Waals surface area contributed by atoms with Crippen LogP contribution in [0.1, 0.15) is 22.0 Å². The molecule has 2 aliphatic heterocycles. The van der Waals surface area contributed by atoms with Crippen LogP contribution in [0.5, 0.6) is 5.88 Å². The lowest BCUT2D eigenvalue weighted by atomic mass is 9.95. The molecule has 1 saturated heterocycles. The number of benzene rings is 1. The van der Waals surface area contributed by atoms with Crippen molar-refractivity contribution in [1.82, 2.24) is 19.7 Å². The van der Waals surface area contributed by atoms with E-state index in [1.807, 2.05) is 18.2 Å². The Hall–Kier alpha value is -3.20. The van der Waals surface area contributed by atoms with Crippen molar-refractivity contribution >= 4 is 15.7 Å². The van der Waals surface area contributed by atoms with E-state index in [1.165, 1.54) is 4.68 Å². The summed E-state index contributed by atoms with van der Waals surface area (Å²) in [7, 11) is -0.254. The highest BCUT2D eigenvalue weighted by molar-refractivity contribution is 7.92. The molecule has 3 aromatic rings. The number of amides is 1. The second-order valence-electron chi connectivity index (χ2n) is 7.55. The molecule has 0 saturated carbocycles. The number of ether oxygens (including phenoxy) is 1. The van der Waals surface area contributed by atoms with Crippen LogP contribution < -0.4 is 4.74 Å². The number of carbonyl (C=O) groups excluding carboxylic acids is 1. The van der Waals surface area contributed by atoms with E-state index < -0.39 is 15.1 Å². The second-order valence-corrected chi connectivity index (χ2v) is 9.69. The Kier molecular flexibility index (Phi) is 4.18. The van der Waals surface area contributed by atoms with Crippen LogP contribution in [-0.4, -0.2) is 59.4 Å². The quantitative estimate of drug-likeness (QED) is 0.637. The zero-order chi connectivity index (χ0) is 21.0. The van der Waals surface area contributed by atoms with E-state index in [9.17, 15) is 13.2 Å². The fourth-order valence-electron chi connectivity index (χ4n) is 4.50. The number of hydrogen-bond donors (Lipinski definition) is 0. The first-order chi connectivity index (χ1) is 14.4. The van der Waals surface area contributed by atoms with Crippen LogP contribution in [0.25, 0.3) is 11.1 Å². The molecule has 0 aliphatic carbocycles. The number of likely N-dealkylation sites (tertiary alicyclic amines) is 1. The van der Waals surface area contributed by atoms with Crippen LogP contribution >= 0.6 is 0 Å². The largest absolute Gasteiger partial charge is 0.481 e. The summed E-state index contributed by atoms with van der Waals surface area (Å²) in [5, 5.41) is 3.41. The van der Waals surface area contributed by atoms with Crippen molar-refractivity contribution < 1.29 is 17.9 Å². The Morgan fingerprint density at radius 1 is 1.17 bits per heavy atom. The SMILES string of the molecule is COc1ncccc1-c1ccc2c(c1)[C@@H]1CN(C(=O)c3ccnn3C)C[C@H]1S2(=O)=O. The minimum absolute atomic E-state index is 0.178. The number of methoxy groups -OCH3 is 1. The highest BCUT2D eigenvalue weighted by atomic mass is 32.2. The van der Waals surface area contributed by atoms with E-state index in [-0.39, 0.29) is 18.4 Å². The van der Waals surface area contributed by atoms with Gasteiger partial charge in [0, 0.05) is 44.0 Å². The molecular weight excluding hydrogens is 404 g/mol. The topological polar surface area (TPSA) is 94.4 Å². The van der Waals surface area contributed by atoms with Crippen molar-refractivity contribution in [2.24, 2.45) is 7.05 Å². The normalized spacial score (nSPS) is 21.3. The molecule has 2 aliphatic rings. The Labute approximate surface area is 174 Å². The number of hydrogen-bond acceptors (Lipinski definition) is 6. The molecule has 2 atom stereocenters. The van der Waals surface area contributed by atoms with Crippen LogP contribution in [0.4, 0.5) is 0 Å². The van der Waals surface area contributed by atoms with Gasteiger partial charge in [-0.05, 0) is 41.5 Å². The van der Waals surface area contributed by atoms with E-state index in [4.69, 9.17) is 4.74 Å². The summed E-state index contributed by atoms with van der Waals surface area (Å²) in [4.78, 5) is 19.1. The van der Waals surface area contributed by atoms with Gasteiger partial charge in [0.05, 0.1) is 17.3 Å². The Morgan fingerprint density at radius 3 is 2.73 bits per heavy atom. The van der Waals surface area contributed by atoms with Crippen LogP contribution in [0.15, 0.2) is 53.7 Å². The molecule has 154 valence electrons. The second kappa shape index (κ2) is 6.66. The molecule has 0 bridgehead atoms. The number of carbonyl (C=O) groups is 1. The fourth-order valence-corrected chi connectivity index (χ4v) is 6.66. The molecule has 1 aromatic carbocycles. The van der Waals surface area contributed by atoms with Gasteiger partial charge in [-0.2, -0.15) is 5.10 Å². The number of rotatable bonds is 3. The summed E-state index contributed by atoms with van der Waals surface area (Å²) < 4.78 is 33.2. The molecule has 0 spiro atoms. The molecule has 0 N–H and O–H groups in total. The third-order valence-corrected chi connectivity index (χ3v) is 8.24. The lowest BCUT2D eigenvalue weighted by Gasteiger charge is -2.18. The molecule has 4 heterocycles. The first-order valence-electron chi connectivity index (χ1n) is 9.56. The van der Waals surface area contributed by atoms with Crippen LogP contribution in [0, 0.1) is 0 Å². The maximum absolute atomic E-state index is 13.2. The molecule has 8 nitrogen and oxygen atoms in total. The summed E-state index contributed by atoms with van der Waals surface area (Å²) in [6.07, 6.45) is 3.21. The number of fused-ring (bicyclic) bond motifs is 3. The van der Waals surface area contributed by atoms with E-state index in [0.29, 0.717) is 23.0 Å². The van der Waals surface area contributed by atoms with Gasteiger partial charge < -0.3 is 9.64 Å². The number of sulfone groups is 1. The standard InChI is InChI=1S/C21H20N4O4S/c1-24-17(7-9-23-24)21(26)25-11-16-15-10-13(14-4-3-8-22-20(14)29-2)5-6-18(15)30(27,28)19(16)12-25/h3-10,16,19H,11-12H2,1-2H3/t16-,19+/m0/s1. The van der Waals surface area contributed by atoms with Crippen molar-refractivity contribution in [2.45, 2.75) is 16.1 Å². The van der Waals surface area contributed by atoms with Gasteiger partial charge in [-0.3, -0.25) is 9.48 Å². The maximum Gasteiger partial charge on any atom is 0.272 e. The van der Waals surface area contributed by atoms with Gasteiger partial charge in [0.25, 0.3) is 5.91 Å². The van der Waals surface area contributed by atoms with E-state index in [0.717, 1.165) is 16.7 Å². The van der Waals surface area contributed by atoms with Crippen molar-refractivity contribution in [1.29, 1.82) is 0 Å². The van der Waals surface area contributed by atoms with Crippen molar-refractivity contribution in [3.05, 3.63) is 60.0 Å². The third-order valence-electron chi connectivity index (χ3n) is 5.98. The molecular formula is C21H20N4O4S. The molecule has 5 rings (SSSR count). The molecule has 9 heteroatoms. The summed E-state index contributed by atoms with van der Waals surface area (Å²) >= 11 is 0. The monoisotopic (exact) mass is 424 g/mol. The van der Waals surface area contributed by atoms with E-state index in [2.05, 4.69) is 10.1 Å². The fraction of sp³-hybridized carbons (Fsp3) is 0.286. The zero-order valence-electron chi connectivity index (χ0n) is 16.5. The van der Waals surface area contributed by atoms with Crippen LogP contribution in [-0.2, 0) is 16.9 Å². The predicted octanol–water partition coefficient (Wildman–Crippen LogP) is 1.89. The first-order valence-corrected chi connectivity index (χ1v) is 11.1. The number of aromatic nitrogens is 3. The Bertz CT molecular complexity index is 1270. The van der Waals surface area contributed by atoms with Gasteiger partial charge >= 0.3 is 0 Å². The molecule has 2 aromatic heterocycles. The molecule has 30 heavy (non-hydrogen) atoms. The van der Waals surface area contributed by atoms with E-state index >= 15 is 0 Å². The smallest absolute Gasteiger partial charge is 0.272 e. The Balaban J connectivity index is 1.54. The Morgan fingerprint density at radius 2 is 2.00 bits per heavy atom. The molecule has 0 radical (unpaired) electrons. The van der Waals surface area contributed by atoms with Crippen LogP contribution in [0.2, 0.25) is 0 Å². The number of pyridine rings is 1. The maximum atomic E-state index is 13.2.